The number of anilines is 1. The Morgan fingerprint density at radius 3 is 1.60 bits per heavy atom. The molecule has 0 amide bonds. The summed E-state index contributed by atoms with van der Waals surface area (Å²) in [5.41, 5.74) is 17.3. The van der Waals surface area contributed by atoms with Gasteiger partial charge in [-0.3, -0.25) is 16.0 Å². The summed E-state index contributed by atoms with van der Waals surface area (Å²) in [6, 6.07) is 12.0. The predicted octanol–water partition coefficient (Wildman–Crippen LogP) is 1.12. The zero-order valence-corrected chi connectivity index (χ0v) is 14.6. The van der Waals surface area contributed by atoms with E-state index in [1.807, 2.05) is 0 Å². The maximum atomic E-state index is 10.7. The van der Waals surface area contributed by atoms with Crippen LogP contribution in [0.25, 0.3) is 0 Å². The summed E-state index contributed by atoms with van der Waals surface area (Å²) in [6.45, 7) is 0. The van der Waals surface area contributed by atoms with Crippen molar-refractivity contribution in [3.8, 4) is 0 Å². The van der Waals surface area contributed by atoms with Gasteiger partial charge in [-0.1, -0.05) is 0 Å². The highest BCUT2D eigenvalue weighted by Gasteiger charge is 2.00. The number of nitrogens with two attached hydrogens (primary N) is 3. The van der Waals surface area contributed by atoms with Crippen LogP contribution in [-0.2, 0) is 10.1 Å². The molecule has 134 valence electrons. The fraction of sp³-hybridized carbons (Fsp3) is 0.133. The Balaban J connectivity index is 0.000000450. The fourth-order valence-electron chi connectivity index (χ4n) is 1.34. The lowest BCUT2D eigenvalue weighted by Gasteiger charge is -2.05. The molecule has 10 heteroatoms. The molecule has 0 saturated carbocycles. The van der Waals surface area contributed by atoms with Crippen LogP contribution in [0.4, 0.5) is 17.1 Å². The van der Waals surface area contributed by atoms with Gasteiger partial charge in [0.25, 0.3) is 0 Å². The highest BCUT2D eigenvalue weighted by atomic mass is 32.2. The van der Waals surface area contributed by atoms with Crippen molar-refractivity contribution in [2.24, 2.45) is 21.7 Å². The van der Waals surface area contributed by atoms with Gasteiger partial charge in [0.1, 0.15) is 10.1 Å². The fourth-order valence-corrected chi connectivity index (χ4v) is 1.81. The van der Waals surface area contributed by atoms with Crippen LogP contribution in [0.1, 0.15) is 0 Å². The van der Waals surface area contributed by atoms with E-state index in [0.29, 0.717) is 23.0 Å². The molecule has 0 heterocycles. The second-order valence-corrected chi connectivity index (χ2v) is 6.44. The molecule has 9 nitrogen and oxygen atoms in total. The first-order valence-corrected chi connectivity index (χ1v) is 8.39. The Morgan fingerprint density at radius 2 is 1.28 bits per heavy atom. The Kier molecular flexibility index (Phi) is 7.03. The molecule has 0 aliphatic carbocycles. The molecule has 2 rings (SSSR count). The second kappa shape index (κ2) is 8.76. The quantitative estimate of drug-likeness (QED) is 0.184. The summed E-state index contributed by atoms with van der Waals surface area (Å²) < 4.78 is 33.8. The minimum Gasteiger partial charge on any atom is -0.744 e. The van der Waals surface area contributed by atoms with E-state index in [4.69, 9.17) is 17.2 Å². The number of nitrogens with zero attached hydrogens (tertiary/aromatic N) is 3. The molecule has 0 radical (unpaired) electrons. The van der Waals surface area contributed by atoms with Gasteiger partial charge in [0, 0.05) is 5.69 Å². The van der Waals surface area contributed by atoms with Crippen LogP contribution in [0.5, 0.6) is 0 Å². The zero-order chi connectivity index (χ0) is 19.0. The van der Waals surface area contributed by atoms with Gasteiger partial charge in [-0.05, 0) is 48.5 Å². The minimum absolute atomic E-state index is 0.293. The summed E-state index contributed by atoms with van der Waals surface area (Å²) >= 11 is 0. The summed E-state index contributed by atoms with van der Waals surface area (Å²) in [6.07, 6.45) is 0. The number of nitrogen functional groups attached to an aromatic ring is 1. The molecule has 0 spiro atoms. The lowest BCUT2D eigenvalue weighted by molar-refractivity contribution is -0.466. The Labute approximate surface area is 146 Å². The first-order chi connectivity index (χ1) is 11.6. The van der Waals surface area contributed by atoms with Crippen molar-refractivity contribution >= 4 is 33.1 Å². The molecule has 0 aliphatic rings. The van der Waals surface area contributed by atoms with Crippen molar-refractivity contribution in [3.05, 3.63) is 48.5 Å². The van der Waals surface area contributed by atoms with E-state index in [-0.39, 0.29) is 4.90 Å². The first kappa shape index (κ1) is 20.1. The Morgan fingerprint density at radius 1 is 0.920 bits per heavy atom. The number of azo groups is 1. The topological polar surface area (TPSA) is 163 Å². The van der Waals surface area contributed by atoms with E-state index in [1.54, 1.807) is 42.9 Å². The number of hydrogen-bond acceptors (Lipinski definition) is 6. The van der Waals surface area contributed by atoms with Crippen molar-refractivity contribution in [2.45, 2.75) is 4.90 Å². The van der Waals surface area contributed by atoms with E-state index in [2.05, 4.69) is 10.2 Å². The smallest absolute Gasteiger partial charge is 0.340 e. The van der Waals surface area contributed by atoms with Gasteiger partial charge in [0.2, 0.25) is 0 Å². The molecule has 0 unspecified atom stereocenters. The maximum absolute atomic E-state index is 10.7. The van der Waals surface area contributed by atoms with Gasteiger partial charge < -0.3 is 10.3 Å². The van der Waals surface area contributed by atoms with Crippen molar-refractivity contribution in [2.75, 3.05) is 19.8 Å². The molecule has 2 aromatic carbocycles. The van der Waals surface area contributed by atoms with Gasteiger partial charge in [0.15, 0.2) is 0 Å². The van der Waals surface area contributed by atoms with E-state index < -0.39 is 10.1 Å². The van der Waals surface area contributed by atoms with Crippen LogP contribution in [0.3, 0.4) is 0 Å². The molecule has 0 fully saturated rings. The summed E-state index contributed by atoms with van der Waals surface area (Å²) in [5, 5.41) is 7.87. The van der Waals surface area contributed by atoms with E-state index in [0.717, 1.165) is 0 Å². The summed E-state index contributed by atoms with van der Waals surface area (Å²) in [4.78, 5) is -0.293. The molecule has 0 bridgehead atoms. The molecular weight excluding hydrogens is 344 g/mol. The van der Waals surface area contributed by atoms with Crippen molar-refractivity contribution in [1.29, 1.82) is 0 Å². The average molecular weight is 364 g/mol. The number of benzene rings is 2. The third kappa shape index (κ3) is 7.42. The van der Waals surface area contributed by atoms with Crippen LogP contribution in [-0.4, -0.2) is 37.6 Å². The van der Waals surface area contributed by atoms with Crippen molar-refractivity contribution in [3.63, 3.8) is 0 Å². The Bertz CT molecular complexity index is 841. The van der Waals surface area contributed by atoms with Gasteiger partial charge >= 0.3 is 5.96 Å². The molecule has 0 aliphatic heterocycles. The maximum Gasteiger partial charge on any atom is 0.340 e. The molecule has 25 heavy (non-hydrogen) atoms. The van der Waals surface area contributed by atoms with Crippen molar-refractivity contribution < 1.29 is 17.5 Å². The molecule has 6 N–H and O–H groups in total. The average Bonchev–Trinajstić information content (AvgIpc) is 2.54. The van der Waals surface area contributed by atoms with Crippen molar-refractivity contribution in [1.82, 2.24) is 0 Å². The van der Waals surface area contributed by atoms with Gasteiger partial charge in [-0.15, -0.1) is 0 Å². The number of hydrogen-bond donors (Lipinski definition) is 3. The summed E-state index contributed by atoms with van der Waals surface area (Å²) in [5.74, 6) is 0.343. The predicted molar refractivity (Wildman–Crippen MR) is 94.9 cm³/mol. The zero-order valence-electron chi connectivity index (χ0n) is 13.8. The SMILES string of the molecule is C[N+](C)=C(N)N.Nc1ccc(N=Nc2ccc(S(=O)(=O)[O-])cc2)cc1. The van der Waals surface area contributed by atoms with Gasteiger partial charge in [0.05, 0.1) is 30.4 Å². The summed E-state index contributed by atoms with van der Waals surface area (Å²) in [7, 11) is -0.854. The lowest BCUT2D eigenvalue weighted by Crippen LogP contribution is -2.31. The van der Waals surface area contributed by atoms with Gasteiger partial charge in [-0.2, -0.15) is 10.2 Å². The van der Waals surface area contributed by atoms with Gasteiger partial charge in [-0.25, -0.2) is 8.42 Å². The molecule has 2 aromatic rings. The number of guanidine groups is 1. The molecule has 0 atom stereocenters. The third-order valence-electron chi connectivity index (χ3n) is 2.82. The second-order valence-electron chi connectivity index (χ2n) is 5.06. The van der Waals surface area contributed by atoms with Crippen LogP contribution in [0, 0.1) is 0 Å². The van der Waals surface area contributed by atoms with Crippen LogP contribution < -0.4 is 17.2 Å². The largest absolute Gasteiger partial charge is 0.744 e. The van der Waals surface area contributed by atoms with Crippen LogP contribution >= 0.6 is 0 Å². The van der Waals surface area contributed by atoms with Crippen LogP contribution in [0.15, 0.2) is 63.7 Å². The van der Waals surface area contributed by atoms with Crippen LogP contribution in [0.2, 0.25) is 0 Å². The third-order valence-corrected chi connectivity index (χ3v) is 3.67. The highest BCUT2D eigenvalue weighted by Crippen LogP contribution is 2.20. The standard InChI is InChI=1S/C12H11N3O3S.C3H9N3/c13-9-1-3-10(4-2-9)14-15-11-5-7-12(8-6-11)19(16,17)18;1-6(2)3(4)5/h1-8H,13H2,(H,16,17,18);1-2H3,(H3,4,5). The molecular formula is C15H20N6O3S. The van der Waals surface area contributed by atoms with E-state index >= 15 is 0 Å². The molecule has 0 aromatic heterocycles. The first-order valence-electron chi connectivity index (χ1n) is 6.98. The Hall–Kier alpha value is -2.98. The van der Waals surface area contributed by atoms with E-state index in [1.165, 1.54) is 24.3 Å². The van der Waals surface area contributed by atoms with E-state index in [9.17, 15) is 13.0 Å². The normalized spacial score (nSPS) is 10.8. The molecule has 0 saturated heterocycles. The lowest BCUT2D eigenvalue weighted by atomic mass is 10.3. The minimum atomic E-state index is -4.43. The monoisotopic (exact) mass is 364 g/mol. The highest BCUT2D eigenvalue weighted by molar-refractivity contribution is 7.85. The number of rotatable bonds is 3.